The first-order valence-corrected chi connectivity index (χ1v) is 8.03. The largest absolute Gasteiger partial charge is 0.474 e. The summed E-state index contributed by atoms with van der Waals surface area (Å²) >= 11 is 0. The zero-order valence-corrected chi connectivity index (χ0v) is 14.9. The summed E-state index contributed by atoms with van der Waals surface area (Å²) in [5, 5.41) is 11.5. The van der Waals surface area contributed by atoms with Gasteiger partial charge in [-0.25, -0.2) is 4.39 Å². The summed E-state index contributed by atoms with van der Waals surface area (Å²) in [5.74, 6) is -1.20. The second-order valence-electron chi connectivity index (χ2n) is 5.63. The van der Waals surface area contributed by atoms with Crippen LogP contribution in [0.25, 0.3) is 0 Å². The normalized spacial score (nSPS) is 11.0. The molecule has 0 aliphatic heterocycles. The van der Waals surface area contributed by atoms with Crippen molar-refractivity contribution in [1.29, 1.82) is 5.26 Å². The Morgan fingerprint density at radius 1 is 1.30 bits per heavy atom. The topological polar surface area (TPSA) is 82.4 Å². The molecule has 1 N–H and O–H groups in total. The molecule has 0 fully saturated rings. The maximum absolute atomic E-state index is 13.5. The van der Waals surface area contributed by atoms with Crippen LogP contribution in [0.4, 0.5) is 15.8 Å². The monoisotopic (exact) mass is 367 g/mol. The minimum Gasteiger partial charge on any atom is -0.474 e. The average Bonchev–Trinajstić information content (AvgIpc) is 2.68. The molecule has 2 amide bonds. The average molecular weight is 367 g/mol. The highest BCUT2D eigenvalue weighted by Gasteiger charge is 2.14. The van der Waals surface area contributed by atoms with E-state index in [9.17, 15) is 14.0 Å². The van der Waals surface area contributed by atoms with Crippen LogP contribution in [0.2, 0.25) is 0 Å². The molecule has 0 aromatic heterocycles. The van der Waals surface area contributed by atoms with Gasteiger partial charge in [0, 0.05) is 24.4 Å². The third kappa shape index (κ3) is 4.92. The van der Waals surface area contributed by atoms with E-state index >= 15 is 0 Å². The number of ether oxygens (including phenoxy) is 1. The van der Waals surface area contributed by atoms with E-state index in [1.807, 2.05) is 6.07 Å². The molecule has 0 heterocycles. The van der Waals surface area contributed by atoms with Gasteiger partial charge in [0.2, 0.25) is 5.91 Å². The van der Waals surface area contributed by atoms with Gasteiger partial charge in [0.25, 0.3) is 5.91 Å². The molecule has 1 atom stereocenters. The number of carbonyl (C=O) groups is 2. The van der Waals surface area contributed by atoms with Gasteiger partial charge in [0.15, 0.2) is 6.10 Å². The third-order valence-electron chi connectivity index (χ3n) is 3.70. The van der Waals surface area contributed by atoms with Crippen LogP contribution in [0.3, 0.4) is 0 Å². The lowest BCUT2D eigenvalue weighted by atomic mass is 10.1. The standard InChI is InChI=1S/C20H18FN3O3/c1-4-19(25)24(3)16-8-5-14(6-9-16)20(26)23-17-10-7-15(21)11-18(17)27-13(2)12-22/h4-11,13H,1H2,2-3H3,(H,23,26). The summed E-state index contributed by atoms with van der Waals surface area (Å²) in [7, 11) is 1.59. The van der Waals surface area contributed by atoms with Crippen LogP contribution in [0, 0.1) is 17.1 Å². The zero-order valence-electron chi connectivity index (χ0n) is 14.9. The Morgan fingerprint density at radius 3 is 2.56 bits per heavy atom. The van der Waals surface area contributed by atoms with E-state index in [-0.39, 0.29) is 17.3 Å². The molecular weight excluding hydrogens is 349 g/mol. The van der Waals surface area contributed by atoms with Crippen molar-refractivity contribution >= 4 is 23.2 Å². The number of nitrogens with one attached hydrogen (secondary N) is 1. The molecule has 2 aromatic rings. The number of nitrogens with zero attached hydrogens (tertiary/aromatic N) is 2. The summed E-state index contributed by atoms with van der Waals surface area (Å²) in [5.41, 5.74) is 1.18. The second kappa shape index (κ2) is 8.63. The van der Waals surface area contributed by atoms with Crippen molar-refractivity contribution in [3.05, 3.63) is 66.5 Å². The Labute approximate surface area is 156 Å². The van der Waals surface area contributed by atoms with Gasteiger partial charge in [-0.3, -0.25) is 9.59 Å². The van der Waals surface area contributed by atoms with Crippen LogP contribution < -0.4 is 15.0 Å². The van der Waals surface area contributed by atoms with Gasteiger partial charge in [-0.2, -0.15) is 5.26 Å². The van der Waals surface area contributed by atoms with Crippen LogP contribution in [0.15, 0.2) is 55.1 Å². The number of nitriles is 1. The number of anilines is 2. The van der Waals surface area contributed by atoms with E-state index in [1.165, 1.54) is 30.0 Å². The summed E-state index contributed by atoms with van der Waals surface area (Å²) in [6, 6.07) is 11.9. The Kier molecular flexibility index (Phi) is 6.28. The second-order valence-corrected chi connectivity index (χ2v) is 5.63. The van der Waals surface area contributed by atoms with Crippen molar-refractivity contribution in [2.75, 3.05) is 17.3 Å². The molecule has 0 bridgehead atoms. The molecule has 1 unspecified atom stereocenters. The van der Waals surface area contributed by atoms with Crippen LogP contribution >= 0.6 is 0 Å². The van der Waals surface area contributed by atoms with E-state index in [0.29, 0.717) is 11.3 Å². The first-order chi connectivity index (χ1) is 12.8. The van der Waals surface area contributed by atoms with E-state index < -0.39 is 17.8 Å². The van der Waals surface area contributed by atoms with Gasteiger partial charge in [-0.05, 0) is 49.4 Å². The summed E-state index contributed by atoms with van der Waals surface area (Å²) in [6.45, 7) is 4.94. The van der Waals surface area contributed by atoms with E-state index in [4.69, 9.17) is 10.00 Å². The number of benzene rings is 2. The molecule has 6 nitrogen and oxygen atoms in total. The number of amides is 2. The molecule has 0 radical (unpaired) electrons. The Balaban J connectivity index is 2.19. The number of carbonyl (C=O) groups excluding carboxylic acids is 2. The zero-order chi connectivity index (χ0) is 20.0. The fraction of sp³-hybridized carbons (Fsp3) is 0.150. The van der Waals surface area contributed by atoms with Crippen molar-refractivity contribution in [2.24, 2.45) is 0 Å². The van der Waals surface area contributed by atoms with Gasteiger partial charge < -0.3 is 15.0 Å². The molecule has 0 aliphatic carbocycles. The number of rotatable bonds is 6. The van der Waals surface area contributed by atoms with Crippen LogP contribution in [-0.2, 0) is 4.79 Å². The number of likely N-dealkylation sites (N-methyl/N-ethyl adjacent to an activating group) is 1. The smallest absolute Gasteiger partial charge is 0.255 e. The predicted molar refractivity (Wildman–Crippen MR) is 100 cm³/mol. The lowest BCUT2D eigenvalue weighted by Gasteiger charge is -2.16. The van der Waals surface area contributed by atoms with E-state index in [2.05, 4.69) is 11.9 Å². The third-order valence-corrected chi connectivity index (χ3v) is 3.70. The van der Waals surface area contributed by atoms with Crippen LogP contribution in [0.1, 0.15) is 17.3 Å². The summed E-state index contributed by atoms with van der Waals surface area (Å²) < 4.78 is 18.8. The highest BCUT2D eigenvalue weighted by Crippen LogP contribution is 2.27. The Morgan fingerprint density at radius 2 is 1.96 bits per heavy atom. The first kappa shape index (κ1) is 19.7. The van der Waals surface area contributed by atoms with Crippen molar-refractivity contribution in [3.8, 4) is 11.8 Å². The fourth-order valence-corrected chi connectivity index (χ4v) is 2.21. The van der Waals surface area contributed by atoms with Gasteiger partial charge >= 0.3 is 0 Å². The van der Waals surface area contributed by atoms with Gasteiger partial charge in [0.05, 0.1) is 5.69 Å². The van der Waals surface area contributed by atoms with Crippen LogP contribution in [-0.4, -0.2) is 25.0 Å². The number of hydrogen-bond acceptors (Lipinski definition) is 4. The Hall–Kier alpha value is -3.66. The SMILES string of the molecule is C=CC(=O)N(C)c1ccc(C(=O)Nc2ccc(F)cc2OC(C)C#N)cc1. The van der Waals surface area contributed by atoms with Crippen molar-refractivity contribution in [2.45, 2.75) is 13.0 Å². The molecule has 0 spiro atoms. The van der Waals surface area contributed by atoms with Crippen LogP contribution in [0.5, 0.6) is 5.75 Å². The lowest BCUT2D eigenvalue weighted by Crippen LogP contribution is -2.23. The van der Waals surface area contributed by atoms with Gasteiger partial charge in [0.1, 0.15) is 17.6 Å². The molecule has 0 saturated heterocycles. The maximum Gasteiger partial charge on any atom is 0.255 e. The highest BCUT2D eigenvalue weighted by atomic mass is 19.1. The predicted octanol–water partition coefficient (Wildman–Crippen LogP) is 3.52. The fourth-order valence-electron chi connectivity index (χ4n) is 2.21. The maximum atomic E-state index is 13.5. The number of halogens is 1. The molecular formula is C20H18FN3O3. The molecule has 2 rings (SSSR count). The quantitative estimate of drug-likeness (QED) is 0.792. The van der Waals surface area contributed by atoms with Gasteiger partial charge in [-0.15, -0.1) is 0 Å². The molecule has 27 heavy (non-hydrogen) atoms. The number of hydrogen-bond donors (Lipinski definition) is 1. The van der Waals surface area contributed by atoms with Crippen molar-refractivity contribution < 1.29 is 18.7 Å². The van der Waals surface area contributed by atoms with E-state index in [1.54, 1.807) is 31.3 Å². The molecule has 0 aliphatic rings. The minimum absolute atomic E-state index is 0.0605. The molecule has 138 valence electrons. The summed E-state index contributed by atoms with van der Waals surface area (Å²) in [4.78, 5) is 25.5. The van der Waals surface area contributed by atoms with E-state index in [0.717, 1.165) is 6.07 Å². The molecule has 2 aromatic carbocycles. The minimum atomic E-state index is -0.806. The molecule has 7 heteroatoms. The lowest BCUT2D eigenvalue weighted by molar-refractivity contribution is -0.113. The van der Waals surface area contributed by atoms with Crippen molar-refractivity contribution in [1.82, 2.24) is 0 Å². The molecule has 0 saturated carbocycles. The Bertz CT molecular complexity index is 904. The van der Waals surface area contributed by atoms with Gasteiger partial charge in [-0.1, -0.05) is 6.58 Å². The summed E-state index contributed by atoms with van der Waals surface area (Å²) in [6.07, 6.45) is 0.388. The van der Waals surface area contributed by atoms with Crippen molar-refractivity contribution in [3.63, 3.8) is 0 Å². The first-order valence-electron chi connectivity index (χ1n) is 8.03. The highest BCUT2D eigenvalue weighted by molar-refractivity contribution is 6.06.